The first-order chi connectivity index (χ1) is 14.3. The number of H-pyrrole nitrogens is 2. The molecule has 150 valence electrons. The minimum Gasteiger partial charge on any atom is -0.455 e. The molecular weight excluding hydrogens is 524 g/mol. The van der Waals surface area contributed by atoms with Gasteiger partial charge in [-0.3, -0.25) is 14.3 Å². The second kappa shape index (κ2) is 7.43. The molecule has 0 saturated carbocycles. The molecule has 4 aromatic rings. The molecule has 0 bridgehead atoms. The van der Waals surface area contributed by atoms with Crippen LogP contribution in [0.15, 0.2) is 53.7 Å². The van der Waals surface area contributed by atoms with Gasteiger partial charge in [-0.1, -0.05) is 0 Å². The Bertz CT molecular complexity index is 1520. The fourth-order valence-electron chi connectivity index (χ4n) is 2.80. The van der Waals surface area contributed by atoms with Gasteiger partial charge < -0.3 is 9.72 Å². The average Bonchev–Trinajstić information content (AvgIpc) is 2.98. The lowest BCUT2D eigenvalue weighted by Crippen LogP contribution is -2.33. The van der Waals surface area contributed by atoms with E-state index in [9.17, 15) is 14.4 Å². The maximum absolute atomic E-state index is 12.1. The van der Waals surface area contributed by atoms with Gasteiger partial charge in [-0.15, -0.1) is 5.10 Å². The van der Waals surface area contributed by atoms with E-state index < -0.39 is 16.9 Å². The number of aromatic amines is 2. The van der Waals surface area contributed by atoms with Gasteiger partial charge in [0.15, 0.2) is 5.75 Å². The predicted molar refractivity (Wildman–Crippen MR) is 114 cm³/mol. The fraction of sp³-hybridized carbons (Fsp3) is 0.0556. The lowest BCUT2D eigenvalue weighted by molar-refractivity contribution is 0.476. The number of aryl methyl sites for hydroxylation is 1. The second-order valence-corrected chi connectivity index (χ2v) is 7.85. The molecular formula is C18H10Br2N6O4. The summed E-state index contributed by atoms with van der Waals surface area (Å²) in [5, 5.41) is 12.8. The number of nitrogens with zero attached hydrogens (tertiary/aromatic N) is 4. The van der Waals surface area contributed by atoms with Crippen LogP contribution in [0.1, 0.15) is 5.69 Å². The Labute approximate surface area is 183 Å². The lowest BCUT2D eigenvalue weighted by Gasteiger charge is -2.13. The standard InChI is InChI=1S/C18H10Br2N6O4/c1-25-14-6-9(2-3-12(14)22-17(25)28)30-15-10(19)4-8(5-11(15)20)26-18(29)23-16(27)13(7-21)24-26/h2-6H,1H3,(H,22,28)(H,23,27,29). The molecule has 0 atom stereocenters. The highest BCUT2D eigenvalue weighted by atomic mass is 79.9. The van der Waals surface area contributed by atoms with E-state index in [1.165, 1.54) is 4.57 Å². The number of hydrogen-bond donors (Lipinski definition) is 2. The second-order valence-electron chi connectivity index (χ2n) is 6.14. The Balaban J connectivity index is 1.77. The van der Waals surface area contributed by atoms with Crippen molar-refractivity contribution in [1.82, 2.24) is 24.3 Å². The third-order valence-corrected chi connectivity index (χ3v) is 5.44. The van der Waals surface area contributed by atoms with Crippen LogP contribution in [0.5, 0.6) is 11.5 Å². The van der Waals surface area contributed by atoms with Crippen LogP contribution in [-0.2, 0) is 7.05 Å². The predicted octanol–water partition coefficient (Wildman–Crippen LogP) is 2.29. The van der Waals surface area contributed by atoms with Crippen LogP contribution in [0.3, 0.4) is 0 Å². The molecule has 2 aromatic carbocycles. The first-order valence-electron chi connectivity index (χ1n) is 8.28. The van der Waals surface area contributed by atoms with Gasteiger partial charge >= 0.3 is 11.4 Å². The Morgan fingerprint density at radius 1 is 1.07 bits per heavy atom. The topological polar surface area (TPSA) is 139 Å². The minimum atomic E-state index is -0.855. The number of benzene rings is 2. The van der Waals surface area contributed by atoms with E-state index in [-0.39, 0.29) is 5.69 Å². The van der Waals surface area contributed by atoms with Crippen LogP contribution in [0.2, 0.25) is 0 Å². The van der Waals surface area contributed by atoms with E-state index >= 15 is 0 Å². The van der Waals surface area contributed by atoms with Crippen LogP contribution in [0.4, 0.5) is 0 Å². The van der Waals surface area contributed by atoms with Crippen molar-refractivity contribution in [3.05, 3.63) is 76.3 Å². The van der Waals surface area contributed by atoms with Crippen molar-refractivity contribution in [2.24, 2.45) is 7.05 Å². The SMILES string of the molecule is Cn1c(=O)[nH]c2ccc(Oc3c(Br)cc(-n4nc(C#N)c(=O)[nH]c4=O)cc3Br)cc21. The summed E-state index contributed by atoms with van der Waals surface area (Å²) < 4.78 is 9.29. The maximum Gasteiger partial charge on any atom is 0.349 e. The first-order valence-corrected chi connectivity index (χ1v) is 9.87. The van der Waals surface area contributed by atoms with Gasteiger partial charge in [0, 0.05) is 13.1 Å². The zero-order chi connectivity index (χ0) is 21.6. The summed E-state index contributed by atoms with van der Waals surface area (Å²) in [6.07, 6.45) is 0. The Morgan fingerprint density at radius 2 is 1.77 bits per heavy atom. The highest BCUT2D eigenvalue weighted by molar-refractivity contribution is 9.11. The molecule has 0 spiro atoms. The van der Waals surface area contributed by atoms with Crippen LogP contribution in [-0.4, -0.2) is 24.3 Å². The van der Waals surface area contributed by atoms with E-state index in [4.69, 9.17) is 10.00 Å². The molecule has 0 amide bonds. The van der Waals surface area contributed by atoms with Crippen molar-refractivity contribution in [3.8, 4) is 23.3 Å². The summed E-state index contributed by atoms with van der Waals surface area (Å²) in [6.45, 7) is 0. The van der Waals surface area contributed by atoms with Crippen molar-refractivity contribution >= 4 is 42.9 Å². The van der Waals surface area contributed by atoms with Gasteiger partial charge in [0.05, 0.1) is 25.7 Å². The van der Waals surface area contributed by atoms with E-state index in [0.717, 1.165) is 4.68 Å². The first kappa shape index (κ1) is 19.9. The van der Waals surface area contributed by atoms with Crippen LogP contribution in [0.25, 0.3) is 16.7 Å². The van der Waals surface area contributed by atoms with Gasteiger partial charge in [-0.25, -0.2) is 9.59 Å². The molecule has 2 aromatic heterocycles. The summed E-state index contributed by atoms with van der Waals surface area (Å²) >= 11 is 6.80. The molecule has 2 heterocycles. The molecule has 30 heavy (non-hydrogen) atoms. The molecule has 4 rings (SSSR count). The Kier molecular flexibility index (Phi) is 4.92. The van der Waals surface area contributed by atoms with Gasteiger partial charge in [0.25, 0.3) is 5.56 Å². The highest BCUT2D eigenvalue weighted by Gasteiger charge is 2.15. The van der Waals surface area contributed by atoms with E-state index in [2.05, 4.69) is 41.9 Å². The number of halogens is 2. The summed E-state index contributed by atoms with van der Waals surface area (Å²) in [6, 6.07) is 9.90. The molecule has 0 aliphatic rings. The molecule has 10 nitrogen and oxygen atoms in total. The molecule has 0 radical (unpaired) electrons. The maximum atomic E-state index is 12.1. The number of imidazole rings is 1. The molecule has 12 heteroatoms. The largest absolute Gasteiger partial charge is 0.455 e. The average molecular weight is 534 g/mol. The quantitative estimate of drug-likeness (QED) is 0.414. The van der Waals surface area contributed by atoms with Gasteiger partial charge in [-0.2, -0.15) is 9.94 Å². The van der Waals surface area contributed by atoms with Gasteiger partial charge in [0.2, 0.25) is 5.69 Å². The third-order valence-electron chi connectivity index (χ3n) is 4.26. The summed E-state index contributed by atoms with van der Waals surface area (Å²) in [4.78, 5) is 40.2. The number of rotatable bonds is 3. The van der Waals surface area contributed by atoms with Gasteiger partial charge in [0.1, 0.15) is 11.8 Å². The molecule has 0 fully saturated rings. The molecule has 0 aliphatic heterocycles. The lowest BCUT2D eigenvalue weighted by atomic mass is 10.2. The smallest absolute Gasteiger partial charge is 0.349 e. The van der Waals surface area contributed by atoms with Crippen molar-refractivity contribution in [1.29, 1.82) is 5.26 Å². The minimum absolute atomic E-state index is 0.232. The summed E-state index contributed by atoms with van der Waals surface area (Å²) in [5.74, 6) is 0.897. The monoisotopic (exact) mass is 532 g/mol. The third kappa shape index (κ3) is 3.38. The number of fused-ring (bicyclic) bond motifs is 1. The normalized spacial score (nSPS) is 10.9. The molecule has 0 aliphatic carbocycles. The van der Waals surface area contributed by atoms with Crippen LogP contribution >= 0.6 is 31.9 Å². The summed E-state index contributed by atoms with van der Waals surface area (Å²) in [5.41, 5.74) is -0.661. The highest BCUT2D eigenvalue weighted by Crippen LogP contribution is 2.38. The van der Waals surface area contributed by atoms with Crippen molar-refractivity contribution in [3.63, 3.8) is 0 Å². The van der Waals surface area contributed by atoms with Crippen LogP contribution in [0, 0.1) is 11.3 Å². The number of hydrogen-bond acceptors (Lipinski definition) is 6. The number of aromatic nitrogens is 5. The summed E-state index contributed by atoms with van der Waals surface area (Å²) in [7, 11) is 1.65. The van der Waals surface area contributed by atoms with Crippen molar-refractivity contribution in [2.45, 2.75) is 0 Å². The number of nitrogens with one attached hydrogen (secondary N) is 2. The zero-order valence-corrected chi connectivity index (χ0v) is 18.2. The number of nitriles is 1. The van der Waals surface area contributed by atoms with E-state index in [1.54, 1.807) is 43.4 Å². The van der Waals surface area contributed by atoms with Crippen LogP contribution < -0.4 is 21.7 Å². The molecule has 2 N–H and O–H groups in total. The number of ether oxygens (including phenoxy) is 1. The van der Waals surface area contributed by atoms with E-state index in [0.29, 0.717) is 37.2 Å². The van der Waals surface area contributed by atoms with Crippen molar-refractivity contribution in [2.75, 3.05) is 0 Å². The van der Waals surface area contributed by atoms with Crippen molar-refractivity contribution < 1.29 is 4.74 Å². The zero-order valence-electron chi connectivity index (χ0n) is 15.1. The van der Waals surface area contributed by atoms with E-state index in [1.807, 2.05) is 4.98 Å². The molecule has 0 saturated heterocycles. The fourth-order valence-corrected chi connectivity index (χ4v) is 4.12. The Morgan fingerprint density at radius 3 is 2.43 bits per heavy atom. The Hall–Kier alpha value is -3.43. The van der Waals surface area contributed by atoms with Gasteiger partial charge in [-0.05, 0) is 56.1 Å². The molecule has 0 unspecified atom stereocenters.